The van der Waals surface area contributed by atoms with Crippen molar-refractivity contribution in [2.75, 3.05) is 20.4 Å². The number of halogens is 1. The molecule has 1 amide bonds. The Morgan fingerprint density at radius 2 is 1.70 bits per heavy atom. The van der Waals surface area contributed by atoms with Crippen molar-refractivity contribution in [3.05, 3.63) is 59.7 Å². The number of aliphatic imine (C=N–C) groups is 1. The molecule has 0 unspecified atom stereocenters. The second kappa shape index (κ2) is 10.6. The summed E-state index contributed by atoms with van der Waals surface area (Å²) < 4.78 is 10.7. The van der Waals surface area contributed by atoms with Gasteiger partial charge in [0.1, 0.15) is 0 Å². The monoisotopic (exact) mass is 482 g/mol. The molecule has 3 rings (SSSR count). The van der Waals surface area contributed by atoms with Gasteiger partial charge in [0, 0.05) is 20.1 Å². The van der Waals surface area contributed by atoms with Gasteiger partial charge in [-0.2, -0.15) is 0 Å². The number of hydrogen-bond acceptors (Lipinski definition) is 4. The smallest absolute Gasteiger partial charge is 0.239 e. The minimum atomic E-state index is -0.0973. The summed E-state index contributed by atoms with van der Waals surface area (Å²) in [7, 11) is 1.66. The molecule has 2 aromatic rings. The van der Waals surface area contributed by atoms with E-state index in [1.807, 2.05) is 48.5 Å². The van der Waals surface area contributed by atoms with Crippen LogP contribution >= 0.6 is 24.0 Å². The lowest BCUT2D eigenvalue weighted by molar-refractivity contribution is -0.120. The Kier molecular flexibility index (Phi) is 8.18. The number of hydrogen-bond donors (Lipinski definition) is 3. The largest absolute Gasteiger partial charge is 0.454 e. The minimum Gasteiger partial charge on any atom is -0.454 e. The zero-order valence-corrected chi connectivity index (χ0v) is 17.4. The number of carbonyl (C=O) groups is 1. The number of fused-ring (bicyclic) bond motifs is 1. The Balaban J connectivity index is 0.00000261. The molecule has 1 heterocycles. The number of ether oxygens (including phenoxy) is 2. The second-order valence-corrected chi connectivity index (χ2v) is 5.73. The topological polar surface area (TPSA) is 84.0 Å². The van der Waals surface area contributed by atoms with Gasteiger partial charge < -0.3 is 25.4 Å². The third-order valence-corrected chi connectivity index (χ3v) is 3.87. The van der Waals surface area contributed by atoms with Crippen LogP contribution in [0.3, 0.4) is 0 Å². The average Bonchev–Trinajstić information content (AvgIpc) is 3.15. The van der Waals surface area contributed by atoms with E-state index in [1.165, 1.54) is 0 Å². The Labute approximate surface area is 175 Å². The zero-order valence-electron chi connectivity index (χ0n) is 15.0. The molecular weight excluding hydrogens is 459 g/mol. The van der Waals surface area contributed by atoms with E-state index in [2.05, 4.69) is 20.9 Å². The van der Waals surface area contributed by atoms with E-state index in [0.717, 1.165) is 22.6 Å². The van der Waals surface area contributed by atoms with Gasteiger partial charge in [-0.25, -0.2) is 0 Å². The summed E-state index contributed by atoms with van der Waals surface area (Å²) in [5, 5.41) is 9.03. The SMILES string of the molecule is CN=C(NCC(=O)NCc1ccccc1)NCc1ccc2c(c1)OCO2.I. The maximum absolute atomic E-state index is 12.0. The van der Waals surface area contributed by atoms with Crippen LogP contribution in [0.5, 0.6) is 11.5 Å². The van der Waals surface area contributed by atoms with Gasteiger partial charge in [-0.1, -0.05) is 36.4 Å². The quantitative estimate of drug-likeness (QED) is 0.334. The fraction of sp³-hybridized carbons (Fsp3) is 0.263. The van der Waals surface area contributed by atoms with Crippen LogP contribution in [-0.4, -0.2) is 32.3 Å². The molecule has 0 aromatic heterocycles. The van der Waals surface area contributed by atoms with E-state index in [9.17, 15) is 4.79 Å². The van der Waals surface area contributed by atoms with Crippen LogP contribution in [0.2, 0.25) is 0 Å². The fourth-order valence-corrected chi connectivity index (χ4v) is 2.48. The number of rotatable bonds is 6. The van der Waals surface area contributed by atoms with Gasteiger partial charge >= 0.3 is 0 Å². The number of guanidine groups is 1. The average molecular weight is 482 g/mol. The molecule has 0 aliphatic carbocycles. The summed E-state index contributed by atoms with van der Waals surface area (Å²) >= 11 is 0. The van der Waals surface area contributed by atoms with Gasteiger partial charge in [-0.3, -0.25) is 9.79 Å². The third-order valence-electron chi connectivity index (χ3n) is 3.87. The van der Waals surface area contributed by atoms with E-state index in [1.54, 1.807) is 7.05 Å². The highest BCUT2D eigenvalue weighted by molar-refractivity contribution is 14.0. The van der Waals surface area contributed by atoms with Crippen molar-refractivity contribution in [3.8, 4) is 11.5 Å². The summed E-state index contributed by atoms with van der Waals surface area (Å²) in [4.78, 5) is 16.1. The summed E-state index contributed by atoms with van der Waals surface area (Å²) in [6, 6.07) is 15.5. The van der Waals surface area contributed by atoms with Crippen LogP contribution in [0.4, 0.5) is 0 Å². The van der Waals surface area contributed by atoms with Crippen LogP contribution in [0, 0.1) is 0 Å². The summed E-state index contributed by atoms with van der Waals surface area (Å²) in [5.41, 5.74) is 2.09. The molecule has 1 aliphatic heterocycles. The molecular formula is C19H23IN4O3. The van der Waals surface area contributed by atoms with Crippen molar-refractivity contribution < 1.29 is 14.3 Å². The standard InChI is InChI=1S/C19H22N4O3.HI/c1-20-19(22-11-15-7-8-16-17(9-15)26-13-25-16)23-12-18(24)21-10-14-5-3-2-4-6-14;/h2-9H,10-13H2,1H3,(H,21,24)(H2,20,22,23);1H. The highest BCUT2D eigenvalue weighted by Gasteiger charge is 2.13. The maximum Gasteiger partial charge on any atom is 0.239 e. The van der Waals surface area contributed by atoms with E-state index >= 15 is 0 Å². The predicted molar refractivity (Wildman–Crippen MR) is 114 cm³/mol. The lowest BCUT2D eigenvalue weighted by Gasteiger charge is -2.12. The number of nitrogens with zero attached hydrogens (tertiary/aromatic N) is 1. The molecule has 0 atom stereocenters. The van der Waals surface area contributed by atoms with E-state index in [-0.39, 0.29) is 43.2 Å². The van der Waals surface area contributed by atoms with E-state index < -0.39 is 0 Å². The fourth-order valence-electron chi connectivity index (χ4n) is 2.48. The lowest BCUT2D eigenvalue weighted by Crippen LogP contribution is -2.42. The van der Waals surface area contributed by atoms with Crippen molar-refractivity contribution >= 4 is 35.8 Å². The van der Waals surface area contributed by atoms with Gasteiger partial charge in [0.25, 0.3) is 0 Å². The highest BCUT2D eigenvalue weighted by Crippen LogP contribution is 2.32. The Bertz CT molecular complexity index is 784. The van der Waals surface area contributed by atoms with Crippen molar-refractivity contribution in [2.45, 2.75) is 13.1 Å². The van der Waals surface area contributed by atoms with Gasteiger partial charge in [-0.05, 0) is 23.3 Å². The van der Waals surface area contributed by atoms with Crippen LogP contribution in [-0.2, 0) is 17.9 Å². The second-order valence-electron chi connectivity index (χ2n) is 5.73. The van der Waals surface area contributed by atoms with Crippen LogP contribution < -0.4 is 25.4 Å². The molecule has 0 saturated carbocycles. The first-order valence-electron chi connectivity index (χ1n) is 8.38. The Hall–Kier alpha value is -2.49. The maximum atomic E-state index is 12.0. The van der Waals surface area contributed by atoms with Crippen molar-refractivity contribution in [1.82, 2.24) is 16.0 Å². The molecule has 3 N–H and O–H groups in total. The Morgan fingerprint density at radius 1 is 0.963 bits per heavy atom. The van der Waals surface area contributed by atoms with E-state index in [0.29, 0.717) is 19.0 Å². The number of amides is 1. The molecule has 8 heteroatoms. The summed E-state index contributed by atoms with van der Waals surface area (Å²) in [6.45, 7) is 1.47. The molecule has 27 heavy (non-hydrogen) atoms. The molecule has 144 valence electrons. The molecule has 2 aromatic carbocycles. The molecule has 0 saturated heterocycles. The van der Waals surface area contributed by atoms with Crippen molar-refractivity contribution in [3.63, 3.8) is 0 Å². The molecule has 7 nitrogen and oxygen atoms in total. The molecule has 0 radical (unpaired) electrons. The summed E-state index contributed by atoms with van der Waals surface area (Å²) in [5.74, 6) is 1.95. The van der Waals surface area contributed by atoms with Crippen molar-refractivity contribution in [1.29, 1.82) is 0 Å². The number of nitrogens with one attached hydrogen (secondary N) is 3. The Morgan fingerprint density at radius 3 is 2.48 bits per heavy atom. The van der Waals surface area contributed by atoms with Crippen LogP contribution in [0.25, 0.3) is 0 Å². The van der Waals surface area contributed by atoms with Crippen molar-refractivity contribution in [2.24, 2.45) is 4.99 Å². The lowest BCUT2D eigenvalue weighted by atomic mass is 10.2. The molecule has 0 bridgehead atoms. The third kappa shape index (κ3) is 6.31. The normalized spacial score (nSPS) is 12.1. The first-order chi connectivity index (χ1) is 12.7. The molecule has 0 spiro atoms. The predicted octanol–water partition coefficient (Wildman–Crippen LogP) is 2.01. The zero-order chi connectivity index (χ0) is 18.2. The van der Waals surface area contributed by atoms with Crippen LogP contribution in [0.1, 0.15) is 11.1 Å². The first kappa shape index (κ1) is 20.8. The van der Waals surface area contributed by atoms with Gasteiger partial charge in [0.15, 0.2) is 17.5 Å². The number of carbonyl (C=O) groups excluding carboxylic acids is 1. The van der Waals surface area contributed by atoms with E-state index in [4.69, 9.17) is 9.47 Å². The number of benzene rings is 2. The summed E-state index contributed by atoms with van der Waals surface area (Å²) in [6.07, 6.45) is 0. The van der Waals surface area contributed by atoms with Crippen LogP contribution in [0.15, 0.2) is 53.5 Å². The van der Waals surface area contributed by atoms with Gasteiger partial charge in [-0.15, -0.1) is 24.0 Å². The molecule has 0 fully saturated rings. The van der Waals surface area contributed by atoms with Gasteiger partial charge in [0.2, 0.25) is 12.7 Å². The highest BCUT2D eigenvalue weighted by atomic mass is 127. The minimum absolute atomic E-state index is 0. The van der Waals surface area contributed by atoms with Gasteiger partial charge in [0.05, 0.1) is 6.54 Å². The first-order valence-corrected chi connectivity index (χ1v) is 8.38. The molecule has 1 aliphatic rings.